The first kappa shape index (κ1) is 13.6. The van der Waals surface area contributed by atoms with E-state index in [2.05, 4.69) is 0 Å². The molecule has 0 N–H and O–H groups in total. The van der Waals surface area contributed by atoms with Gasteiger partial charge in [0.05, 0.1) is 4.34 Å². The third-order valence-corrected chi connectivity index (χ3v) is 7.12. The van der Waals surface area contributed by atoms with Crippen LogP contribution in [0.25, 0.3) is 0 Å². The van der Waals surface area contributed by atoms with Crippen molar-refractivity contribution >= 4 is 44.6 Å². The van der Waals surface area contributed by atoms with E-state index in [9.17, 15) is 8.42 Å². The van der Waals surface area contributed by atoms with Gasteiger partial charge >= 0.3 is 0 Å². The summed E-state index contributed by atoms with van der Waals surface area (Å²) < 4.78 is 26.9. The van der Waals surface area contributed by atoms with E-state index >= 15 is 0 Å². The average Bonchev–Trinajstić information content (AvgIpc) is 2.69. The maximum Gasteiger partial charge on any atom is 0.252 e. The van der Waals surface area contributed by atoms with Crippen molar-refractivity contribution in [2.24, 2.45) is 5.92 Å². The number of rotatable bonds is 2. The predicted molar refractivity (Wildman–Crippen MR) is 71.5 cm³/mol. The molecule has 0 saturated carbocycles. The van der Waals surface area contributed by atoms with Crippen molar-refractivity contribution in [3.05, 3.63) is 16.5 Å². The summed E-state index contributed by atoms with van der Waals surface area (Å²) in [5, 5.41) is 0.0633. The van der Waals surface area contributed by atoms with Gasteiger partial charge < -0.3 is 0 Å². The number of sulfonamides is 1. The predicted octanol–water partition coefficient (Wildman–Crippen LogP) is 3.04. The van der Waals surface area contributed by atoms with E-state index in [0.29, 0.717) is 28.1 Å². The van der Waals surface area contributed by atoms with Crippen molar-refractivity contribution < 1.29 is 8.42 Å². The molecule has 2 atom stereocenters. The van der Waals surface area contributed by atoms with Crippen LogP contribution >= 0.6 is 34.5 Å². The van der Waals surface area contributed by atoms with Crippen molar-refractivity contribution in [3.8, 4) is 0 Å². The summed E-state index contributed by atoms with van der Waals surface area (Å²) in [6, 6.07) is 3.16. The smallest absolute Gasteiger partial charge is 0.206 e. The quantitative estimate of drug-likeness (QED) is 0.787. The lowest BCUT2D eigenvalue weighted by Gasteiger charge is -2.32. The summed E-state index contributed by atoms with van der Waals surface area (Å²) in [4.78, 5) is 0. The summed E-state index contributed by atoms with van der Waals surface area (Å²) in [5.41, 5.74) is 0. The number of piperidine rings is 1. The molecule has 0 aliphatic carbocycles. The van der Waals surface area contributed by atoms with Gasteiger partial charge in [-0.3, -0.25) is 0 Å². The number of hydrogen-bond donors (Lipinski definition) is 0. The molecule has 3 nitrogen and oxygen atoms in total. The molecule has 2 unspecified atom stereocenters. The number of hydrogen-bond acceptors (Lipinski definition) is 3. The fourth-order valence-electron chi connectivity index (χ4n) is 1.86. The molecule has 7 heteroatoms. The van der Waals surface area contributed by atoms with Gasteiger partial charge in [0, 0.05) is 18.5 Å². The Balaban J connectivity index is 2.22. The molecule has 17 heavy (non-hydrogen) atoms. The van der Waals surface area contributed by atoms with Crippen LogP contribution in [0.3, 0.4) is 0 Å². The third kappa shape index (κ3) is 2.79. The Labute approximate surface area is 115 Å². The third-order valence-electron chi connectivity index (χ3n) is 2.91. The first-order chi connectivity index (χ1) is 7.91. The monoisotopic (exact) mass is 313 g/mol. The van der Waals surface area contributed by atoms with E-state index in [0.717, 1.165) is 11.3 Å². The van der Waals surface area contributed by atoms with Crippen LogP contribution in [0.15, 0.2) is 16.3 Å². The van der Waals surface area contributed by atoms with Crippen molar-refractivity contribution in [2.45, 2.75) is 22.9 Å². The van der Waals surface area contributed by atoms with Crippen molar-refractivity contribution in [3.63, 3.8) is 0 Å². The van der Waals surface area contributed by atoms with Crippen LogP contribution in [-0.4, -0.2) is 31.2 Å². The van der Waals surface area contributed by atoms with Gasteiger partial charge in [0.2, 0.25) is 0 Å². The first-order valence-corrected chi connectivity index (χ1v) is 8.38. The minimum atomic E-state index is -3.39. The standard InChI is InChI=1S/C10H13Cl2NO2S2/c1-7-6-13(5-4-8(7)11)17(14,15)10-3-2-9(12)16-10/h2-3,7-8H,4-6H2,1H3. The Morgan fingerprint density at radius 1 is 1.47 bits per heavy atom. The highest BCUT2D eigenvalue weighted by atomic mass is 35.5. The molecular formula is C10H13Cl2NO2S2. The lowest BCUT2D eigenvalue weighted by Crippen LogP contribution is -2.43. The van der Waals surface area contributed by atoms with Crippen LogP contribution < -0.4 is 0 Å². The Bertz CT molecular complexity index is 500. The number of thiophene rings is 1. The lowest BCUT2D eigenvalue weighted by molar-refractivity contribution is 0.286. The molecule has 1 aliphatic rings. The zero-order valence-electron chi connectivity index (χ0n) is 9.27. The van der Waals surface area contributed by atoms with Gasteiger partial charge in [-0.15, -0.1) is 22.9 Å². The van der Waals surface area contributed by atoms with E-state index < -0.39 is 10.0 Å². The summed E-state index contributed by atoms with van der Waals surface area (Å²) in [7, 11) is -3.39. The van der Waals surface area contributed by atoms with Crippen molar-refractivity contribution in [1.82, 2.24) is 4.31 Å². The number of alkyl halides is 1. The van der Waals surface area contributed by atoms with Crippen LogP contribution in [0.2, 0.25) is 4.34 Å². The molecule has 0 amide bonds. The van der Waals surface area contributed by atoms with Crippen LogP contribution in [0.5, 0.6) is 0 Å². The molecular weight excluding hydrogens is 301 g/mol. The molecule has 1 aromatic rings. The maximum absolute atomic E-state index is 12.3. The van der Waals surface area contributed by atoms with Crippen molar-refractivity contribution in [2.75, 3.05) is 13.1 Å². The van der Waals surface area contributed by atoms with Crippen LogP contribution in [-0.2, 0) is 10.0 Å². The summed E-state index contributed by atoms with van der Waals surface area (Å²) >= 11 is 13.0. The average molecular weight is 314 g/mol. The van der Waals surface area contributed by atoms with Gasteiger partial charge in [-0.25, -0.2) is 8.42 Å². The molecule has 0 spiro atoms. The van der Waals surface area contributed by atoms with Crippen LogP contribution in [0.4, 0.5) is 0 Å². The second-order valence-corrected chi connectivity index (χ2v) is 8.64. The molecule has 0 bridgehead atoms. The molecule has 96 valence electrons. The largest absolute Gasteiger partial charge is 0.252 e. The Morgan fingerprint density at radius 3 is 2.71 bits per heavy atom. The lowest BCUT2D eigenvalue weighted by atomic mass is 10.0. The topological polar surface area (TPSA) is 37.4 Å². The summed E-state index contributed by atoms with van der Waals surface area (Å²) in [6.45, 7) is 2.93. The second kappa shape index (κ2) is 5.05. The molecule has 2 rings (SSSR count). The molecule has 1 aromatic heterocycles. The van der Waals surface area contributed by atoms with Gasteiger partial charge in [-0.05, 0) is 24.5 Å². The highest BCUT2D eigenvalue weighted by Crippen LogP contribution is 2.31. The zero-order chi connectivity index (χ0) is 12.6. The summed E-state index contributed by atoms with van der Waals surface area (Å²) in [6.07, 6.45) is 0.695. The Hall–Kier alpha value is 0.190. The van der Waals surface area contributed by atoms with E-state index in [4.69, 9.17) is 23.2 Å². The normalized spacial score (nSPS) is 27.2. The van der Waals surface area contributed by atoms with E-state index in [1.165, 1.54) is 4.31 Å². The minimum Gasteiger partial charge on any atom is -0.206 e. The van der Waals surface area contributed by atoms with Crippen LogP contribution in [0.1, 0.15) is 13.3 Å². The van der Waals surface area contributed by atoms with E-state index in [1.54, 1.807) is 12.1 Å². The van der Waals surface area contributed by atoms with Crippen molar-refractivity contribution in [1.29, 1.82) is 0 Å². The highest BCUT2D eigenvalue weighted by Gasteiger charge is 2.33. The van der Waals surface area contributed by atoms with E-state index in [1.807, 2.05) is 6.92 Å². The van der Waals surface area contributed by atoms with E-state index in [-0.39, 0.29) is 11.3 Å². The molecule has 1 aliphatic heterocycles. The fourth-order valence-corrected chi connectivity index (χ4v) is 5.23. The maximum atomic E-state index is 12.3. The second-order valence-electron chi connectivity index (χ2n) is 4.20. The molecule has 0 radical (unpaired) electrons. The number of halogens is 2. The van der Waals surface area contributed by atoms with Gasteiger partial charge in [0.25, 0.3) is 10.0 Å². The van der Waals surface area contributed by atoms with Gasteiger partial charge in [0.1, 0.15) is 4.21 Å². The first-order valence-electron chi connectivity index (χ1n) is 5.31. The molecule has 1 fully saturated rings. The number of nitrogens with zero attached hydrogens (tertiary/aromatic N) is 1. The summed E-state index contributed by atoms with van der Waals surface area (Å²) in [5.74, 6) is 0.177. The Kier molecular flexibility index (Phi) is 4.05. The highest BCUT2D eigenvalue weighted by molar-refractivity contribution is 7.91. The van der Waals surface area contributed by atoms with Gasteiger partial charge in [0.15, 0.2) is 0 Å². The fraction of sp³-hybridized carbons (Fsp3) is 0.600. The Morgan fingerprint density at radius 2 is 2.18 bits per heavy atom. The zero-order valence-corrected chi connectivity index (χ0v) is 12.4. The SMILES string of the molecule is CC1CN(S(=O)(=O)c2ccc(Cl)s2)CCC1Cl. The van der Waals surface area contributed by atoms with Gasteiger partial charge in [-0.1, -0.05) is 18.5 Å². The molecule has 0 aromatic carbocycles. The van der Waals surface area contributed by atoms with Gasteiger partial charge in [-0.2, -0.15) is 4.31 Å². The molecule has 1 saturated heterocycles. The van der Waals surface area contributed by atoms with Crippen LogP contribution in [0, 0.1) is 5.92 Å². The molecule has 2 heterocycles. The minimum absolute atomic E-state index is 0.0633.